The molecule has 1 rings (SSSR count). The molecular formula is C7H13ClN2. The maximum Gasteiger partial charge on any atom is 0.195 e. The molecular weight excluding hydrogens is 148 g/mol. The number of aryl methyl sites for hydroxylation is 2. The summed E-state index contributed by atoms with van der Waals surface area (Å²) >= 11 is 0. The number of halogens is 1. The summed E-state index contributed by atoms with van der Waals surface area (Å²) in [5, 5.41) is 0. The van der Waals surface area contributed by atoms with Gasteiger partial charge < -0.3 is 12.4 Å². The molecule has 0 bridgehead atoms. The second kappa shape index (κ2) is 4.34. The predicted molar refractivity (Wildman–Crippen MR) is 35.9 cm³/mol. The van der Waals surface area contributed by atoms with Crippen LogP contribution in [0.1, 0.15) is 13.3 Å². The molecule has 0 N–H and O–H groups in total. The Morgan fingerprint density at radius 1 is 1.50 bits per heavy atom. The standard InChI is InChI=1S/C7H13N2.ClH/c1-3-5-9-7-4-6-8(9)2;/h4,6-7H,3,5H2,1-2H3;1H/q+1;/p-1. The molecule has 1 aromatic rings. The van der Waals surface area contributed by atoms with Crippen molar-refractivity contribution in [3.63, 3.8) is 0 Å². The Morgan fingerprint density at radius 3 is 2.60 bits per heavy atom. The van der Waals surface area contributed by atoms with E-state index in [4.69, 9.17) is 0 Å². The molecule has 10 heavy (non-hydrogen) atoms. The van der Waals surface area contributed by atoms with E-state index in [0.717, 1.165) is 6.54 Å². The first-order valence-electron chi connectivity index (χ1n) is 3.35. The molecule has 0 saturated carbocycles. The van der Waals surface area contributed by atoms with Crippen LogP contribution in [0.25, 0.3) is 0 Å². The largest absolute Gasteiger partial charge is 1.00 e. The van der Waals surface area contributed by atoms with Crippen LogP contribution in [0.3, 0.4) is 0 Å². The van der Waals surface area contributed by atoms with Gasteiger partial charge in [-0.15, -0.1) is 4.68 Å². The molecule has 0 unspecified atom stereocenters. The summed E-state index contributed by atoms with van der Waals surface area (Å²) in [6, 6.07) is 2.05. The Morgan fingerprint density at radius 2 is 2.20 bits per heavy atom. The van der Waals surface area contributed by atoms with Crippen molar-refractivity contribution in [2.75, 3.05) is 0 Å². The quantitative estimate of drug-likeness (QED) is 0.432. The van der Waals surface area contributed by atoms with E-state index >= 15 is 0 Å². The highest BCUT2D eigenvalue weighted by Gasteiger charge is 1.96. The lowest BCUT2D eigenvalue weighted by Gasteiger charge is -1.93. The first-order chi connectivity index (χ1) is 4.34. The maximum atomic E-state index is 2.18. The number of nitrogens with zero attached hydrogens (tertiary/aromatic N) is 2. The van der Waals surface area contributed by atoms with Crippen LogP contribution in [0.2, 0.25) is 0 Å². The van der Waals surface area contributed by atoms with E-state index in [2.05, 4.69) is 41.8 Å². The molecule has 1 aromatic heterocycles. The van der Waals surface area contributed by atoms with Gasteiger partial charge in [0.15, 0.2) is 13.2 Å². The van der Waals surface area contributed by atoms with E-state index in [1.807, 2.05) is 0 Å². The highest BCUT2D eigenvalue weighted by molar-refractivity contribution is 4.70. The molecule has 0 aliphatic carbocycles. The summed E-state index contributed by atoms with van der Waals surface area (Å²) in [6.45, 7) is 3.30. The van der Waals surface area contributed by atoms with Crippen molar-refractivity contribution in [1.29, 1.82) is 0 Å². The summed E-state index contributed by atoms with van der Waals surface area (Å²) in [7, 11) is 2.05. The predicted octanol–water partition coefficient (Wildman–Crippen LogP) is -2.27. The second-order valence-electron chi connectivity index (χ2n) is 2.23. The number of hydrogen-bond acceptors (Lipinski definition) is 0. The molecule has 0 saturated heterocycles. The fourth-order valence-corrected chi connectivity index (χ4v) is 0.915. The zero-order valence-electron chi connectivity index (χ0n) is 6.42. The average molecular weight is 161 g/mol. The van der Waals surface area contributed by atoms with Crippen LogP contribution in [0.4, 0.5) is 0 Å². The molecule has 0 aliphatic heterocycles. The monoisotopic (exact) mass is 160 g/mol. The van der Waals surface area contributed by atoms with Gasteiger partial charge in [0.25, 0.3) is 0 Å². The number of aromatic nitrogens is 2. The molecule has 58 valence electrons. The van der Waals surface area contributed by atoms with Crippen LogP contribution in [0, 0.1) is 0 Å². The molecule has 2 nitrogen and oxygen atoms in total. The van der Waals surface area contributed by atoms with Gasteiger partial charge in [-0.05, 0) is 6.42 Å². The van der Waals surface area contributed by atoms with Gasteiger partial charge >= 0.3 is 0 Å². The molecule has 1 heterocycles. The third-order valence-electron chi connectivity index (χ3n) is 1.42. The fourth-order valence-electron chi connectivity index (χ4n) is 0.915. The normalized spacial score (nSPS) is 9.00. The molecule has 0 fully saturated rings. The first kappa shape index (κ1) is 9.50. The van der Waals surface area contributed by atoms with Gasteiger partial charge in [0, 0.05) is 6.07 Å². The molecule has 0 amide bonds. The minimum atomic E-state index is 0. The third kappa shape index (κ3) is 2.03. The SMILES string of the molecule is CCCn1ccc[n+]1C.[Cl-]. The molecule has 0 aromatic carbocycles. The van der Waals surface area contributed by atoms with Gasteiger partial charge in [-0.3, -0.25) is 0 Å². The van der Waals surface area contributed by atoms with E-state index in [-0.39, 0.29) is 12.4 Å². The van der Waals surface area contributed by atoms with Crippen molar-refractivity contribution >= 4 is 0 Å². The van der Waals surface area contributed by atoms with Crippen molar-refractivity contribution < 1.29 is 17.1 Å². The van der Waals surface area contributed by atoms with E-state index in [9.17, 15) is 0 Å². The molecule has 0 atom stereocenters. The lowest BCUT2D eigenvalue weighted by atomic mass is 10.5. The zero-order chi connectivity index (χ0) is 6.69. The van der Waals surface area contributed by atoms with Crippen LogP contribution in [0.15, 0.2) is 18.5 Å². The summed E-state index contributed by atoms with van der Waals surface area (Å²) < 4.78 is 4.27. The number of hydrogen-bond donors (Lipinski definition) is 0. The minimum Gasteiger partial charge on any atom is -1.00 e. The minimum absolute atomic E-state index is 0. The summed E-state index contributed by atoms with van der Waals surface area (Å²) in [6.07, 6.45) is 5.33. The third-order valence-corrected chi connectivity index (χ3v) is 1.42. The average Bonchev–Trinajstić information content (AvgIpc) is 2.18. The van der Waals surface area contributed by atoms with Crippen molar-refractivity contribution in [2.45, 2.75) is 19.9 Å². The Kier molecular flexibility index (Phi) is 4.12. The Labute approximate surface area is 67.9 Å². The van der Waals surface area contributed by atoms with Gasteiger partial charge in [0.05, 0.1) is 12.7 Å². The van der Waals surface area contributed by atoms with Crippen molar-refractivity contribution in [1.82, 2.24) is 4.68 Å². The van der Waals surface area contributed by atoms with E-state index in [1.54, 1.807) is 0 Å². The molecule has 0 aliphatic rings. The van der Waals surface area contributed by atoms with Crippen LogP contribution in [-0.2, 0) is 13.6 Å². The summed E-state index contributed by atoms with van der Waals surface area (Å²) in [4.78, 5) is 0. The van der Waals surface area contributed by atoms with E-state index in [0.29, 0.717) is 0 Å². The first-order valence-corrected chi connectivity index (χ1v) is 3.35. The van der Waals surface area contributed by atoms with Crippen LogP contribution < -0.4 is 17.1 Å². The van der Waals surface area contributed by atoms with Gasteiger partial charge in [0.2, 0.25) is 0 Å². The Hall–Kier alpha value is -0.500. The Bertz CT molecular complexity index is 183. The second-order valence-corrected chi connectivity index (χ2v) is 2.23. The lowest BCUT2D eigenvalue weighted by Crippen LogP contribution is -3.00. The van der Waals surface area contributed by atoms with Crippen LogP contribution in [0.5, 0.6) is 0 Å². The van der Waals surface area contributed by atoms with Gasteiger partial charge in [0.1, 0.15) is 0 Å². The van der Waals surface area contributed by atoms with Gasteiger partial charge in [-0.1, -0.05) is 6.92 Å². The highest BCUT2D eigenvalue weighted by Crippen LogP contribution is 1.83. The summed E-state index contributed by atoms with van der Waals surface area (Å²) in [5.74, 6) is 0. The van der Waals surface area contributed by atoms with Gasteiger partial charge in [-0.2, -0.15) is 4.68 Å². The summed E-state index contributed by atoms with van der Waals surface area (Å²) in [5.41, 5.74) is 0. The van der Waals surface area contributed by atoms with Gasteiger partial charge in [-0.25, -0.2) is 0 Å². The fraction of sp³-hybridized carbons (Fsp3) is 0.571. The van der Waals surface area contributed by atoms with Crippen LogP contribution >= 0.6 is 0 Å². The van der Waals surface area contributed by atoms with Crippen LogP contribution in [-0.4, -0.2) is 4.68 Å². The maximum absolute atomic E-state index is 2.18. The molecule has 0 radical (unpaired) electrons. The molecule has 3 heteroatoms. The van der Waals surface area contributed by atoms with E-state index < -0.39 is 0 Å². The molecule has 0 spiro atoms. The lowest BCUT2D eigenvalue weighted by molar-refractivity contribution is -0.753. The van der Waals surface area contributed by atoms with Crippen molar-refractivity contribution in [3.05, 3.63) is 18.5 Å². The smallest absolute Gasteiger partial charge is 0.195 e. The van der Waals surface area contributed by atoms with Crippen molar-refractivity contribution in [3.8, 4) is 0 Å². The van der Waals surface area contributed by atoms with Crippen molar-refractivity contribution in [2.24, 2.45) is 7.05 Å². The topological polar surface area (TPSA) is 8.81 Å². The highest BCUT2D eigenvalue weighted by atomic mass is 35.5. The van der Waals surface area contributed by atoms with E-state index in [1.165, 1.54) is 6.42 Å². The zero-order valence-corrected chi connectivity index (χ0v) is 7.17. The Balaban J connectivity index is 0.000000810. The number of rotatable bonds is 2.